The van der Waals surface area contributed by atoms with Crippen molar-refractivity contribution < 1.29 is 4.79 Å². The molecule has 1 fully saturated rings. The highest BCUT2D eigenvalue weighted by molar-refractivity contribution is 5.78. The van der Waals surface area contributed by atoms with Crippen molar-refractivity contribution in [3.05, 3.63) is 53.9 Å². The maximum absolute atomic E-state index is 12.8. The molecule has 0 aromatic carbocycles. The average Bonchev–Trinajstić information content (AvgIpc) is 3.12. The van der Waals surface area contributed by atoms with E-state index in [-0.39, 0.29) is 11.9 Å². The predicted octanol–water partition coefficient (Wildman–Crippen LogP) is 2.33. The molecule has 122 valence electrons. The van der Waals surface area contributed by atoms with Crippen LogP contribution in [0.5, 0.6) is 0 Å². The van der Waals surface area contributed by atoms with Gasteiger partial charge in [-0.15, -0.1) is 0 Å². The molecule has 1 aliphatic carbocycles. The fraction of sp³-hybridized carbons (Fsp3) is 0.389. The Kier molecular flexibility index (Phi) is 2.98. The van der Waals surface area contributed by atoms with Gasteiger partial charge in [0.1, 0.15) is 6.04 Å². The summed E-state index contributed by atoms with van der Waals surface area (Å²) in [6.45, 7) is 0.722. The van der Waals surface area contributed by atoms with Crippen LogP contribution in [-0.4, -0.2) is 36.9 Å². The number of fused-ring (bicyclic) bond motifs is 2. The Morgan fingerprint density at radius 3 is 3.08 bits per heavy atom. The largest absolute Gasteiger partial charge is 0.348 e. The molecule has 3 aromatic heterocycles. The molecule has 6 nitrogen and oxygen atoms in total. The van der Waals surface area contributed by atoms with Gasteiger partial charge in [0.25, 0.3) is 0 Å². The van der Waals surface area contributed by atoms with Crippen LogP contribution in [0.4, 0.5) is 0 Å². The topological polar surface area (TPSA) is 66.3 Å². The van der Waals surface area contributed by atoms with Crippen LogP contribution in [0.1, 0.15) is 42.4 Å². The molecule has 24 heavy (non-hydrogen) atoms. The summed E-state index contributed by atoms with van der Waals surface area (Å²) in [5, 5.41) is 4.71. The van der Waals surface area contributed by atoms with E-state index in [9.17, 15) is 4.79 Å². The quantitative estimate of drug-likeness (QED) is 0.805. The van der Waals surface area contributed by atoms with Crippen molar-refractivity contribution in [2.75, 3.05) is 6.54 Å². The van der Waals surface area contributed by atoms with E-state index in [1.54, 1.807) is 6.33 Å². The number of nitrogens with zero attached hydrogens (tertiary/aromatic N) is 4. The van der Waals surface area contributed by atoms with Crippen LogP contribution in [-0.2, 0) is 11.2 Å². The lowest BCUT2D eigenvalue weighted by Crippen LogP contribution is -2.41. The number of carbonyl (C=O) groups is 1. The number of H-pyrrole nitrogens is 1. The molecule has 0 unspecified atom stereocenters. The van der Waals surface area contributed by atoms with Crippen molar-refractivity contribution in [2.45, 2.75) is 31.7 Å². The van der Waals surface area contributed by atoms with Crippen molar-refractivity contribution in [1.29, 1.82) is 0 Å². The van der Waals surface area contributed by atoms with Gasteiger partial charge in [0, 0.05) is 31.3 Å². The number of aromatic amines is 1. The highest BCUT2D eigenvalue weighted by Crippen LogP contribution is 2.37. The SMILES string of the molecule is O=C(CC1CC1)N1CCc2[nH]cnc2[C@H]1c1cc2ccccn2n1. The lowest BCUT2D eigenvalue weighted by molar-refractivity contribution is -0.133. The lowest BCUT2D eigenvalue weighted by Gasteiger charge is -2.34. The molecule has 2 aliphatic rings. The van der Waals surface area contributed by atoms with Gasteiger partial charge < -0.3 is 9.88 Å². The summed E-state index contributed by atoms with van der Waals surface area (Å²) in [6.07, 6.45) is 7.52. The van der Waals surface area contributed by atoms with Gasteiger partial charge in [-0.25, -0.2) is 9.50 Å². The van der Waals surface area contributed by atoms with Gasteiger partial charge >= 0.3 is 0 Å². The molecular formula is C18H19N5O. The summed E-state index contributed by atoms with van der Waals surface area (Å²) in [6, 6.07) is 7.86. The van der Waals surface area contributed by atoms with Crippen molar-refractivity contribution in [1.82, 2.24) is 24.5 Å². The Labute approximate surface area is 139 Å². The molecule has 5 rings (SSSR count). The first-order chi connectivity index (χ1) is 11.8. The Balaban J connectivity index is 1.58. The van der Waals surface area contributed by atoms with E-state index in [1.165, 1.54) is 12.8 Å². The average molecular weight is 321 g/mol. The van der Waals surface area contributed by atoms with Crippen LogP contribution >= 0.6 is 0 Å². The van der Waals surface area contributed by atoms with E-state index in [4.69, 9.17) is 5.10 Å². The van der Waals surface area contributed by atoms with Crippen LogP contribution in [0.2, 0.25) is 0 Å². The number of rotatable bonds is 3. The third-order valence-corrected chi connectivity index (χ3v) is 5.07. The summed E-state index contributed by atoms with van der Waals surface area (Å²) in [5.74, 6) is 0.813. The van der Waals surface area contributed by atoms with Crippen LogP contribution < -0.4 is 0 Å². The van der Waals surface area contributed by atoms with Crippen LogP contribution in [0, 0.1) is 5.92 Å². The van der Waals surface area contributed by atoms with E-state index >= 15 is 0 Å². The molecule has 1 N–H and O–H groups in total. The van der Waals surface area contributed by atoms with Gasteiger partial charge in [-0.1, -0.05) is 6.07 Å². The number of aromatic nitrogens is 4. The Morgan fingerprint density at radius 2 is 2.25 bits per heavy atom. The number of nitrogens with one attached hydrogen (secondary N) is 1. The smallest absolute Gasteiger partial charge is 0.223 e. The lowest BCUT2D eigenvalue weighted by atomic mass is 9.99. The standard InChI is InChI=1S/C18H19N5O/c24-16(9-12-4-5-12)22-8-6-14-17(20-11-19-14)18(22)15-10-13-3-1-2-7-23(13)21-15/h1-3,7,10-12,18H,4-6,8-9H2,(H,19,20)/t18-/m1/s1. The third kappa shape index (κ3) is 2.21. The number of carbonyl (C=O) groups excluding carboxylic acids is 1. The summed E-state index contributed by atoms with van der Waals surface area (Å²) in [5.41, 5.74) is 3.98. The molecule has 1 aliphatic heterocycles. The maximum Gasteiger partial charge on any atom is 0.223 e. The molecule has 0 spiro atoms. The zero-order valence-electron chi connectivity index (χ0n) is 13.4. The summed E-state index contributed by atoms with van der Waals surface area (Å²) in [4.78, 5) is 22.5. The van der Waals surface area contributed by atoms with Crippen LogP contribution in [0.15, 0.2) is 36.8 Å². The van der Waals surface area contributed by atoms with E-state index in [0.717, 1.165) is 35.6 Å². The van der Waals surface area contributed by atoms with E-state index < -0.39 is 0 Å². The molecule has 0 bridgehead atoms. The van der Waals surface area contributed by atoms with Crippen LogP contribution in [0.3, 0.4) is 0 Å². The van der Waals surface area contributed by atoms with Gasteiger partial charge in [0.05, 0.1) is 23.2 Å². The molecule has 4 heterocycles. The second kappa shape index (κ2) is 5.19. The number of hydrogen-bond acceptors (Lipinski definition) is 3. The molecule has 6 heteroatoms. The van der Waals surface area contributed by atoms with Gasteiger partial charge in [-0.05, 0) is 37.0 Å². The molecule has 1 saturated carbocycles. The van der Waals surface area contributed by atoms with Gasteiger partial charge in [-0.2, -0.15) is 5.10 Å². The van der Waals surface area contributed by atoms with Crippen molar-refractivity contribution in [2.24, 2.45) is 5.92 Å². The van der Waals surface area contributed by atoms with E-state index in [1.807, 2.05) is 33.8 Å². The van der Waals surface area contributed by atoms with Crippen molar-refractivity contribution in [3.63, 3.8) is 0 Å². The van der Waals surface area contributed by atoms with Gasteiger partial charge in [0.15, 0.2) is 0 Å². The fourth-order valence-corrected chi connectivity index (χ4v) is 3.62. The minimum atomic E-state index is -0.189. The second-order valence-corrected chi connectivity index (χ2v) is 6.79. The first-order valence-electron chi connectivity index (χ1n) is 8.55. The van der Waals surface area contributed by atoms with Gasteiger partial charge in [-0.3, -0.25) is 4.79 Å². The third-order valence-electron chi connectivity index (χ3n) is 5.07. The zero-order valence-corrected chi connectivity index (χ0v) is 13.4. The first-order valence-corrected chi connectivity index (χ1v) is 8.55. The van der Waals surface area contributed by atoms with E-state index in [2.05, 4.69) is 16.0 Å². The summed E-state index contributed by atoms with van der Waals surface area (Å²) < 4.78 is 1.86. The van der Waals surface area contributed by atoms with E-state index in [0.29, 0.717) is 12.3 Å². The number of amides is 1. The Bertz CT molecular complexity index is 874. The summed E-state index contributed by atoms with van der Waals surface area (Å²) >= 11 is 0. The van der Waals surface area contributed by atoms with Gasteiger partial charge in [0.2, 0.25) is 5.91 Å². The minimum Gasteiger partial charge on any atom is -0.348 e. The fourth-order valence-electron chi connectivity index (χ4n) is 3.62. The molecule has 0 saturated heterocycles. The first kappa shape index (κ1) is 13.8. The van der Waals surface area contributed by atoms with Crippen molar-refractivity contribution >= 4 is 11.4 Å². The highest BCUT2D eigenvalue weighted by atomic mass is 16.2. The second-order valence-electron chi connectivity index (χ2n) is 6.79. The predicted molar refractivity (Wildman–Crippen MR) is 88.4 cm³/mol. The molecule has 3 aromatic rings. The molecule has 1 atom stereocenters. The van der Waals surface area contributed by atoms with Crippen molar-refractivity contribution in [3.8, 4) is 0 Å². The Morgan fingerprint density at radius 1 is 1.33 bits per heavy atom. The zero-order chi connectivity index (χ0) is 16.1. The monoisotopic (exact) mass is 321 g/mol. The molecular weight excluding hydrogens is 302 g/mol. The minimum absolute atomic E-state index is 0.189. The maximum atomic E-state index is 12.8. The molecule has 1 amide bonds. The van der Waals surface area contributed by atoms with Crippen LogP contribution in [0.25, 0.3) is 5.52 Å². The summed E-state index contributed by atoms with van der Waals surface area (Å²) in [7, 11) is 0. The Hall–Kier alpha value is -2.63. The molecule has 0 radical (unpaired) electrons. The number of hydrogen-bond donors (Lipinski definition) is 1. The highest BCUT2D eigenvalue weighted by Gasteiger charge is 2.37. The number of pyridine rings is 1. The number of imidazole rings is 1. The normalized spacial score (nSPS) is 20.3.